The van der Waals surface area contributed by atoms with Crippen molar-refractivity contribution in [1.29, 1.82) is 0 Å². The number of carbonyl (C=O) groups is 1. The van der Waals surface area contributed by atoms with E-state index in [4.69, 9.17) is 5.11 Å². The van der Waals surface area contributed by atoms with E-state index in [2.05, 4.69) is 0 Å². The topological polar surface area (TPSA) is 37.3 Å². The molecule has 0 aliphatic rings. The molecule has 0 radical (unpaired) electrons. The second-order valence-electron chi connectivity index (χ2n) is 3.84. The molecule has 18 heavy (non-hydrogen) atoms. The molecule has 0 saturated heterocycles. The van der Waals surface area contributed by atoms with Gasteiger partial charge in [0.1, 0.15) is 0 Å². The van der Waals surface area contributed by atoms with Crippen LogP contribution < -0.4 is 0 Å². The molecular formula is C13H13F3O2. The van der Waals surface area contributed by atoms with Gasteiger partial charge >= 0.3 is 12.1 Å². The summed E-state index contributed by atoms with van der Waals surface area (Å²) in [5, 5.41) is 8.89. The van der Waals surface area contributed by atoms with Crippen molar-refractivity contribution < 1.29 is 23.1 Å². The van der Waals surface area contributed by atoms with E-state index in [-0.39, 0.29) is 5.57 Å². The van der Waals surface area contributed by atoms with Crippen molar-refractivity contribution >= 4 is 11.5 Å². The summed E-state index contributed by atoms with van der Waals surface area (Å²) in [6, 6.07) is 4.52. The Morgan fingerprint density at radius 2 is 1.72 bits per heavy atom. The third-order valence-corrected chi connectivity index (χ3v) is 2.69. The van der Waals surface area contributed by atoms with Gasteiger partial charge in [-0.3, -0.25) is 0 Å². The molecule has 2 nitrogen and oxygen atoms in total. The average Bonchev–Trinajstić information content (AvgIpc) is 2.29. The molecule has 98 valence electrons. The Bertz CT molecular complexity index is 470. The quantitative estimate of drug-likeness (QED) is 0.833. The lowest BCUT2D eigenvalue weighted by molar-refractivity contribution is -0.137. The summed E-state index contributed by atoms with van der Waals surface area (Å²) < 4.78 is 37.1. The molecule has 0 unspecified atom stereocenters. The summed E-state index contributed by atoms with van der Waals surface area (Å²) >= 11 is 0. The fourth-order valence-corrected chi connectivity index (χ4v) is 1.68. The molecule has 0 amide bonds. The third-order valence-electron chi connectivity index (χ3n) is 2.69. The number of aliphatic carboxylic acids is 1. The molecule has 0 aliphatic carbocycles. The number of allylic oxidation sites excluding steroid dienone is 1. The van der Waals surface area contributed by atoms with Crippen molar-refractivity contribution in [2.24, 2.45) is 0 Å². The Balaban J connectivity index is 3.19. The molecule has 1 aromatic carbocycles. The minimum Gasteiger partial charge on any atom is -0.478 e. The monoisotopic (exact) mass is 258 g/mol. The third kappa shape index (κ3) is 3.12. The molecule has 0 aliphatic heterocycles. The van der Waals surface area contributed by atoms with Crippen molar-refractivity contribution in [3.63, 3.8) is 0 Å². The van der Waals surface area contributed by atoms with E-state index in [1.165, 1.54) is 19.1 Å². The van der Waals surface area contributed by atoms with E-state index in [1.54, 1.807) is 6.92 Å². The van der Waals surface area contributed by atoms with E-state index in [1.807, 2.05) is 0 Å². The zero-order valence-corrected chi connectivity index (χ0v) is 10.0. The smallest absolute Gasteiger partial charge is 0.416 e. The summed E-state index contributed by atoms with van der Waals surface area (Å²) in [6.07, 6.45) is -3.93. The average molecular weight is 258 g/mol. The second-order valence-corrected chi connectivity index (χ2v) is 3.84. The minimum absolute atomic E-state index is 0.150. The number of rotatable bonds is 3. The molecule has 0 bridgehead atoms. The standard InChI is InChI=1S/C13H13F3O2/c1-3-11(8(2)12(17)18)9-4-6-10(7-5-9)13(14,15)16/h4-7H,3H2,1-2H3,(H,17,18)/b11-8+. The van der Waals surface area contributed by atoms with Crippen molar-refractivity contribution in [3.8, 4) is 0 Å². The maximum Gasteiger partial charge on any atom is 0.416 e. The molecule has 1 rings (SSSR count). The maximum absolute atomic E-state index is 12.4. The van der Waals surface area contributed by atoms with Crippen LogP contribution in [0.15, 0.2) is 29.8 Å². The number of hydrogen-bond donors (Lipinski definition) is 1. The molecule has 0 aromatic heterocycles. The fraction of sp³-hybridized carbons (Fsp3) is 0.308. The molecule has 1 N–H and O–H groups in total. The van der Waals surface area contributed by atoms with Crippen molar-refractivity contribution in [2.75, 3.05) is 0 Å². The number of alkyl halides is 3. The lowest BCUT2D eigenvalue weighted by Gasteiger charge is -2.10. The molecule has 0 saturated carbocycles. The Morgan fingerprint density at radius 3 is 2.06 bits per heavy atom. The number of carboxylic acids is 1. The van der Waals surface area contributed by atoms with Crippen molar-refractivity contribution in [3.05, 3.63) is 41.0 Å². The summed E-state index contributed by atoms with van der Waals surface area (Å²) in [4.78, 5) is 10.9. The Hall–Kier alpha value is -1.78. The van der Waals surface area contributed by atoms with Crippen LogP contribution >= 0.6 is 0 Å². The van der Waals surface area contributed by atoms with Crippen LogP contribution in [0.1, 0.15) is 31.4 Å². The predicted octanol–water partition coefficient (Wildman–Crippen LogP) is 3.97. The summed E-state index contributed by atoms with van der Waals surface area (Å²) in [5.74, 6) is -1.06. The van der Waals surface area contributed by atoms with Crippen LogP contribution in [0.3, 0.4) is 0 Å². The van der Waals surface area contributed by atoms with Gasteiger partial charge in [0.15, 0.2) is 0 Å². The zero-order chi connectivity index (χ0) is 13.9. The Labute approximate surface area is 103 Å². The van der Waals surface area contributed by atoms with Gasteiger partial charge in [-0.1, -0.05) is 19.1 Å². The number of halogens is 3. The SMILES string of the molecule is CC/C(=C(/C)C(=O)O)c1ccc(C(F)(F)F)cc1. The highest BCUT2D eigenvalue weighted by Crippen LogP contribution is 2.31. The van der Waals surface area contributed by atoms with Gasteiger partial charge in [-0.15, -0.1) is 0 Å². The molecule has 0 heterocycles. The van der Waals surface area contributed by atoms with Crippen LogP contribution in [0.2, 0.25) is 0 Å². The van der Waals surface area contributed by atoms with Gasteiger partial charge in [-0.05, 0) is 36.6 Å². The first kappa shape index (κ1) is 14.3. The van der Waals surface area contributed by atoms with Gasteiger partial charge < -0.3 is 5.11 Å². The summed E-state index contributed by atoms with van der Waals surface area (Å²) in [5.41, 5.74) is 0.452. The largest absolute Gasteiger partial charge is 0.478 e. The molecule has 0 fully saturated rings. The van der Waals surface area contributed by atoms with Gasteiger partial charge in [0.25, 0.3) is 0 Å². The van der Waals surface area contributed by atoms with Gasteiger partial charge in [-0.25, -0.2) is 4.79 Å². The van der Waals surface area contributed by atoms with Gasteiger partial charge in [-0.2, -0.15) is 13.2 Å². The van der Waals surface area contributed by atoms with E-state index in [0.29, 0.717) is 17.6 Å². The highest BCUT2D eigenvalue weighted by atomic mass is 19.4. The van der Waals surface area contributed by atoms with Crippen molar-refractivity contribution in [2.45, 2.75) is 26.4 Å². The molecule has 0 atom stereocenters. The predicted molar refractivity (Wildman–Crippen MR) is 62.0 cm³/mol. The number of benzene rings is 1. The van der Waals surface area contributed by atoms with E-state index in [0.717, 1.165) is 12.1 Å². The van der Waals surface area contributed by atoms with Crippen LogP contribution in [0.4, 0.5) is 13.2 Å². The first-order chi connectivity index (χ1) is 8.27. The number of carboxylic acid groups (broad SMARTS) is 1. The van der Waals surface area contributed by atoms with Gasteiger partial charge in [0.05, 0.1) is 5.56 Å². The first-order valence-electron chi connectivity index (χ1n) is 5.38. The molecule has 0 spiro atoms. The summed E-state index contributed by atoms with van der Waals surface area (Å²) in [7, 11) is 0. The Kier molecular flexibility index (Phi) is 4.16. The first-order valence-corrected chi connectivity index (χ1v) is 5.38. The van der Waals surface area contributed by atoms with E-state index < -0.39 is 17.7 Å². The lowest BCUT2D eigenvalue weighted by atomic mass is 9.97. The van der Waals surface area contributed by atoms with Crippen molar-refractivity contribution in [1.82, 2.24) is 0 Å². The molecule has 5 heteroatoms. The van der Waals surface area contributed by atoms with Gasteiger partial charge in [0, 0.05) is 5.57 Å². The lowest BCUT2D eigenvalue weighted by Crippen LogP contribution is -2.05. The van der Waals surface area contributed by atoms with Crippen LogP contribution in [0.25, 0.3) is 5.57 Å². The normalized spacial score (nSPS) is 13.2. The van der Waals surface area contributed by atoms with Crippen LogP contribution in [0, 0.1) is 0 Å². The highest BCUT2D eigenvalue weighted by Gasteiger charge is 2.30. The van der Waals surface area contributed by atoms with E-state index in [9.17, 15) is 18.0 Å². The van der Waals surface area contributed by atoms with Crippen LogP contribution in [-0.2, 0) is 11.0 Å². The summed E-state index contributed by atoms with van der Waals surface area (Å²) in [6.45, 7) is 3.21. The van der Waals surface area contributed by atoms with Gasteiger partial charge in [0.2, 0.25) is 0 Å². The van der Waals surface area contributed by atoms with E-state index >= 15 is 0 Å². The Morgan fingerprint density at radius 1 is 1.22 bits per heavy atom. The van der Waals surface area contributed by atoms with Crippen LogP contribution in [-0.4, -0.2) is 11.1 Å². The second kappa shape index (κ2) is 5.25. The van der Waals surface area contributed by atoms with Crippen LogP contribution in [0.5, 0.6) is 0 Å². The maximum atomic E-state index is 12.4. The highest BCUT2D eigenvalue weighted by molar-refractivity contribution is 5.95. The molecule has 1 aromatic rings. The fourth-order valence-electron chi connectivity index (χ4n) is 1.68. The minimum atomic E-state index is -4.38. The number of hydrogen-bond acceptors (Lipinski definition) is 1. The zero-order valence-electron chi connectivity index (χ0n) is 10.0. The molecular weight excluding hydrogens is 245 g/mol.